The van der Waals surface area contributed by atoms with Gasteiger partial charge in [0.1, 0.15) is 11.6 Å². The number of nitrogens with one attached hydrogen (secondary N) is 1. The average Bonchev–Trinajstić information content (AvgIpc) is 2.85. The van der Waals surface area contributed by atoms with Gasteiger partial charge in [-0.05, 0) is 29.8 Å². The summed E-state index contributed by atoms with van der Waals surface area (Å²) in [7, 11) is 0. The summed E-state index contributed by atoms with van der Waals surface area (Å²) < 4.78 is 45.4. The topological polar surface area (TPSA) is 47.1 Å². The molecule has 1 aromatic carbocycles. The van der Waals surface area contributed by atoms with Crippen LogP contribution in [0.15, 0.2) is 30.5 Å². The van der Waals surface area contributed by atoms with Crippen LogP contribution in [0, 0.1) is 5.92 Å². The minimum atomic E-state index is -4.68. The zero-order valence-electron chi connectivity index (χ0n) is 11.9. The predicted octanol–water partition coefficient (Wildman–Crippen LogP) is 3.73. The van der Waals surface area contributed by atoms with Crippen molar-refractivity contribution in [2.75, 3.05) is 13.2 Å². The molecule has 2 heterocycles. The van der Waals surface area contributed by atoms with Crippen molar-refractivity contribution in [3.63, 3.8) is 0 Å². The molecule has 2 aromatic rings. The first-order valence-electron chi connectivity index (χ1n) is 6.91. The molecule has 7 heteroatoms. The Labute approximate surface area is 125 Å². The fourth-order valence-electron chi connectivity index (χ4n) is 2.32. The molecule has 0 radical (unpaired) electrons. The van der Waals surface area contributed by atoms with Crippen molar-refractivity contribution in [3.8, 4) is 17.0 Å². The van der Waals surface area contributed by atoms with E-state index in [0.717, 1.165) is 30.3 Å². The molecule has 0 spiro atoms. The van der Waals surface area contributed by atoms with Crippen molar-refractivity contribution in [1.82, 2.24) is 9.97 Å². The molecular weight excluding hydrogens is 297 g/mol. The van der Waals surface area contributed by atoms with Crippen molar-refractivity contribution < 1.29 is 22.6 Å². The second kappa shape index (κ2) is 5.64. The van der Waals surface area contributed by atoms with E-state index >= 15 is 0 Å². The first-order chi connectivity index (χ1) is 10.4. The molecule has 1 aliphatic rings. The zero-order valence-corrected chi connectivity index (χ0v) is 11.9. The molecule has 1 unspecified atom stereocenters. The standard InChI is InChI=1S/C15H15F3N2O2/c1-9(11-7-21-8-11)14-19-6-13(20-14)10-2-4-12(5-3-10)22-15(16,17)18/h2-6,9,11H,7-8H2,1H3,(H,19,20). The third kappa shape index (κ3) is 3.24. The van der Waals surface area contributed by atoms with E-state index in [1.54, 1.807) is 18.3 Å². The molecule has 0 bridgehead atoms. The lowest BCUT2D eigenvalue weighted by atomic mass is 9.92. The molecule has 22 heavy (non-hydrogen) atoms. The fraction of sp³-hybridized carbons (Fsp3) is 0.400. The highest BCUT2D eigenvalue weighted by atomic mass is 19.4. The Morgan fingerprint density at radius 1 is 1.27 bits per heavy atom. The zero-order chi connectivity index (χ0) is 15.7. The van der Waals surface area contributed by atoms with E-state index in [2.05, 4.69) is 21.6 Å². The van der Waals surface area contributed by atoms with Gasteiger partial charge >= 0.3 is 6.36 Å². The number of rotatable bonds is 4. The molecule has 4 nitrogen and oxygen atoms in total. The van der Waals surface area contributed by atoms with Crippen LogP contribution in [0.5, 0.6) is 5.75 Å². The van der Waals surface area contributed by atoms with Gasteiger partial charge in [-0.25, -0.2) is 4.98 Å². The van der Waals surface area contributed by atoms with Crippen LogP contribution in [-0.2, 0) is 4.74 Å². The molecule has 1 atom stereocenters. The van der Waals surface area contributed by atoms with Crippen molar-refractivity contribution in [2.24, 2.45) is 5.92 Å². The van der Waals surface area contributed by atoms with Gasteiger partial charge in [-0.15, -0.1) is 13.2 Å². The van der Waals surface area contributed by atoms with Crippen LogP contribution in [0.4, 0.5) is 13.2 Å². The number of hydrogen-bond donors (Lipinski definition) is 1. The largest absolute Gasteiger partial charge is 0.573 e. The van der Waals surface area contributed by atoms with E-state index in [1.165, 1.54) is 12.1 Å². The molecule has 0 saturated carbocycles. The van der Waals surface area contributed by atoms with Crippen LogP contribution < -0.4 is 4.74 Å². The summed E-state index contributed by atoms with van der Waals surface area (Å²) in [6.45, 7) is 3.55. The second-order valence-electron chi connectivity index (χ2n) is 5.34. The molecule has 118 valence electrons. The smallest absolute Gasteiger partial charge is 0.406 e. The predicted molar refractivity (Wildman–Crippen MR) is 73.4 cm³/mol. The lowest BCUT2D eigenvalue weighted by Crippen LogP contribution is -2.32. The number of alkyl halides is 3. The Balaban J connectivity index is 1.73. The number of aromatic amines is 1. The maximum atomic E-state index is 12.1. The first-order valence-corrected chi connectivity index (χ1v) is 6.91. The average molecular weight is 312 g/mol. The molecule has 3 rings (SSSR count). The van der Waals surface area contributed by atoms with Gasteiger partial charge in [0.15, 0.2) is 0 Å². The summed E-state index contributed by atoms with van der Waals surface area (Å²) in [4.78, 5) is 7.57. The lowest BCUT2D eigenvalue weighted by molar-refractivity contribution is -0.274. The first kappa shape index (κ1) is 14.9. The minimum absolute atomic E-state index is 0.240. The number of halogens is 3. The van der Waals surface area contributed by atoms with Crippen LogP contribution >= 0.6 is 0 Å². The molecule has 1 fully saturated rings. The third-order valence-electron chi connectivity index (χ3n) is 3.80. The van der Waals surface area contributed by atoms with Crippen LogP contribution in [0.1, 0.15) is 18.7 Å². The third-order valence-corrected chi connectivity index (χ3v) is 3.80. The molecule has 1 aromatic heterocycles. The number of hydrogen-bond acceptors (Lipinski definition) is 3. The molecule has 1 aliphatic heterocycles. The Hall–Kier alpha value is -2.02. The second-order valence-corrected chi connectivity index (χ2v) is 5.34. The summed E-state index contributed by atoms with van der Waals surface area (Å²) in [5.74, 6) is 1.34. The van der Waals surface area contributed by atoms with Crippen LogP contribution in [0.3, 0.4) is 0 Å². The minimum Gasteiger partial charge on any atom is -0.406 e. The monoisotopic (exact) mass is 312 g/mol. The summed E-state index contributed by atoms with van der Waals surface area (Å²) in [6, 6.07) is 5.70. The van der Waals surface area contributed by atoms with Gasteiger partial charge in [0, 0.05) is 11.8 Å². The Kier molecular flexibility index (Phi) is 3.82. The van der Waals surface area contributed by atoms with E-state index in [0.29, 0.717) is 5.92 Å². The Bertz CT molecular complexity index is 633. The van der Waals surface area contributed by atoms with Crippen molar-refractivity contribution in [3.05, 3.63) is 36.3 Å². The maximum Gasteiger partial charge on any atom is 0.573 e. The molecular formula is C15H15F3N2O2. The molecule has 1 saturated heterocycles. The highest BCUT2D eigenvalue weighted by molar-refractivity contribution is 5.59. The van der Waals surface area contributed by atoms with Crippen molar-refractivity contribution in [1.29, 1.82) is 0 Å². The van der Waals surface area contributed by atoms with Gasteiger partial charge in [-0.3, -0.25) is 0 Å². The summed E-state index contributed by atoms with van der Waals surface area (Å²) in [5.41, 5.74) is 1.52. The van der Waals surface area contributed by atoms with E-state index < -0.39 is 6.36 Å². The van der Waals surface area contributed by atoms with Crippen molar-refractivity contribution >= 4 is 0 Å². The Morgan fingerprint density at radius 3 is 2.50 bits per heavy atom. The molecule has 0 aliphatic carbocycles. The van der Waals surface area contributed by atoms with E-state index in [1.807, 2.05) is 0 Å². The van der Waals surface area contributed by atoms with E-state index in [9.17, 15) is 13.2 Å². The number of benzene rings is 1. The van der Waals surface area contributed by atoms with Crippen LogP contribution in [-0.4, -0.2) is 29.5 Å². The van der Waals surface area contributed by atoms with Gasteiger partial charge in [-0.2, -0.15) is 0 Å². The van der Waals surface area contributed by atoms with Gasteiger partial charge in [0.05, 0.1) is 25.1 Å². The van der Waals surface area contributed by atoms with Crippen LogP contribution in [0.25, 0.3) is 11.3 Å². The maximum absolute atomic E-state index is 12.1. The van der Waals surface area contributed by atoms with E-state index in [4.69, 9.17) is 4.74 Å². The van der Waals surface area contributed by atoms with Gasteiger partial charge in [0.25, 0.3) is 0 Å². The number of aromatic nitrogens is 2. The summed E-state index contributed by atoms with van der Waals surface area (Å²) in [5, 5.41) is 0. The van der Waals surface area contributed by atoms with Gasteiger partial charge in [-0.1, -0.05) is 6.92 Å². The quantitative estimate of drug-likeness (QED) is 0.936. The number of ether oxygens (including phenoxy) is 2. The number of imidazole rings is 1. The number of nitrogens with zero attached hydrogens (tertiary/aromatic N) is 1. The summed E-state index contributed by atoms with van der Waals surface area (Å²) in [6.07, 6.45) is -2.99. The van der Waals surface area contributed by atoms with Crippen molar-refractivity contribution in [2.45, 2.75) is 19.2 Å². The SMILES string of the molecule is CC(c1ncc(-c2ccc(OC(F)(F)F)cc2)[nH]1)C1COC1. The molecule has 0 amide bonds. The number of H-pyrrole nitrogens is 1. The fourth-order valence-corrected chi connectivity index (χ4v) is 2.32. The van der Waals surface area contributed by atoms with Gasteiger partial charge in [0.2, 0.25) is 0 Å². The highest BCUT2D eigenvalue weighted by Gasteiger charge is 2.31. The molecule has 1 N–H and O–H groups in total. The highest BCUT2D eigenvalue weighted by Crippen LogP contribution is 2.30. The lowest BCUT2D eigenvalue weighted by Gasteiger charge is -2.30. The summed E-state index contributed by atoms with van der Waals surface area (Å²) >= 11 is 0. The normalized spacial score (nSPS) is 17.1. The van der Waals surface area contributed by atoms with Gasteiger partial charge < -0.3 is 14.5 Å². The van der Waals surface area contributed by atoms with Crippen LogP contribution in [0.2, 0.25) is 0 Å². The van der Waals surface area contributed by atoms with E-state index in [-0.39, 0.29) is 11.7 Å². The Morgan fingerprint density at radius 2 is 1.95 bits per heavy atom.